The summed E-state index contributed by atoms with van der Waals surface area (Å²) < 4.78 is 0. The highest BCUT2D eigenvalue weighted by molar-refractivity contribution is 5.84. The van der Waals surface area contributed by atoms with E-state index in [1.807, 2.05) is 12.1 Å². The van der Waals surface area contributed by atoms with Crippen LogP contribution in [0.2, 0.25) is 0 Å². The molecule has 1 unspecified atom stereocenters. The van der Waals surface area contributed by atoms with Crippen molar-refractivity contribution < 1.29 is 0 Å². The van der Waals surface area contributed by atoms with Crippen molar-refractivity contribution in [2.24, 2.45) is 11.3 Å². The Bertz CT molecular complexity index is 668. The van der Waals surface area contributed by atoms with Crippen LogP contribution in [-0.2, 0) is 0 Å². The standard InChI is InChI=1S/C20H25N/c1-14(2)19(12-20(3,4)5)18-9-8-16-10-15(13-21)6-7-17(16)11-18/h6-11,14,19H,12H2,1-5H3. The molecule has 0 bridgehead atoms. The van der Waals surface area contributed by atoms with Crippen molar-refractivity contribution in [1.29, 1.82) is 5.26 Å². The highest BCUT2D eigenvalue weighted by Gasteiger charge is 2.23. The molecule has 0 spiro atoms. The predicted octanol–water partition coefficient (Wildman–Crippen LogP) is 5.89. The molecule has 0 aromatic heterocycles. The van der Waals surface area contributed by atoms with Crippen molar-refractivity contribution in [3.8, 4) is 6.07 Å². The van der Waals surface area contributed by atoms with Gasteiger partial charge in [-0.05, 0) is 52.1 Å². The van der Waals surface area contributed by atoms with E-state index in [0.717, 1.165) is 10.9 Å². The fourth-order valence-corrected chi connectivity index (χ4v) is 2.96. The Morgan fingerprint density at radius 1 is 1.00 bits per heavy atom. The fraction of sp³-hybridized carbons (Fsp3) is 0.450. The molecule has 0 aliphatic carbocycles. The van der Waals surface area contributed by atoms with E-state index in [2.05, 4.69) is 65.0 Å². The predicted molar refractivity (Wildman–Crippen MR) is 90.3 cm³/mol. The highest BCUT2D eigenvalue weighted by atomic mass is 14.3. The largest absolute Gasteiger partial charge is 0.192 e. The zero-order chi connectivity index (χ0) is 15.6. The van der Waals surface area contributed by atoms with E-state index < -0.39 is 0 Å². The maximum absolute atomic E-state index is 8.99. The Balaban J connectivity index is 2.42. The van der Waals surface area contributed by atoms with E-state index in [0.29, 0.717) is 17.3 Å². The number of nitriles is 1. The Morgan fingerprint density at radius 3 is 2.19 bits per heavy atom. The van der Waals surface area contributed by atoms with Crippen LogP contribution >= 0.6 is 0 Å². The van der Waals surface area contributed by atoms with Crippen molar-refractivity contribution in [3.05, 3.63) is 47.5 Å². The summed E-state index contributed by atoms with van der Waals surface area (Å²) >= 11 is 0. The Labute approximate surface area is 128 Å². The molecule has 0 saturated heterocycles. The average molecular weight is 279 g/mol. The SMILES string of the molecule is CC(C)C(CC(C)(C)C)c1ccc2cc(C#N)ccc2c1. The maximum Gasteiger partial charge on any atom is 0.0991 e. The molecular weight excluding hydrogens is 254 g/mol. The lowest BCUT2D eigenvalue weighted by Gasteiger charge is -2.29. The summed E-state index contributed by atoms with van der Waals surface area (Å²) in [6.07, 6.45) is 1.19. The number of fused-ring (bicyclic) bond motifs is 1. The van der Waals surface area contributed by atoms with Crippen LogP contribution < -0.4 is 0 Å². The van der Waals surface area contributed by atoms with Gasteiger partial charge in [-0.25, -0.2) is 0 Å². The van der Waals surface area contributed by atoms with Crippen LogP contribution in [0.15, 0.2) is 36.4 Å². The van der Waals surface area contributed by atoms with Crippen molar-refractivity contribution in [2.75, 3.05) is 0 Å². The van der Waals surface area contributed by atoms with Crippen molar-refractivity contribution in [2.45, 2.75) is 47.0 Å². The summed E-state index contributed by atoms with van der Waals surface area (Å²) in [4.78, 5) is 0. The van der Waals surface area contributed by atoms with Gasteiger partial charge in [-0.2, -0.15) is 5.26 Å². The Kier molecular flexibility index (Phi) is 4.37. The highest BCUT2D eigenvalue weighted by Crippen LogP contribution is 2.37. The van der Waals surface area contributed by atoms with Crippen molar-refractivity contribution in [1.82, 2.24) is 0 Å². The molecule has 2 aromatic carbocycles. The zero-order valence-corrected chi connectivity index (χ0v) is 13.8. The Hall–Kier alpha value is -1.81. The number of rotatable bonds is 3. The van der Waals surface area contributed by atoms with Gasteiger partial charge in [0.15, 0.2) is 0 Å². The number of hydrogen-bond acceptors (Lipinski definition) is 1. The third-order valence-corrected chi connectivity index (χ3v) is 4.06. The fourth-order valence-electron chi connectivity index (χ4n) is 2.96. The van der Waals surface area contributed by atoms with Gasteiger partial charge in [0.1, 0.15) is 0 Å². The molecule has 2 rings (SSSR count). The molecule has 0 aliphatic rings. The molecule has 2 aromatic rings. The minimum atomic E-state index is 0.328. The average Bonchev–Trinajstić information content (AvgIpc) is 2.42. The molecule has 1 atom stereocenters. The molecule has 21 heavy (non-hydrogen) atoms. The molecule has 0 radical (unpaired) electrons. The second kappa shape index (κ2) is 5.90. The summed E-state index contributed by atoms with van der Waals surface area (Å²) in [5.74, 6) is 1.20. The van der Waals surface area contributed by atoms with E-state index in [-0.39, 0.29) is 0 Å². The van der Waals surface area contributed by atoms with Gasteiger partial charge in [-0.15, -0.1) is 0 Å². The van der Waals surface area contributed by atoms with Crippen LogP contribution in [0.4, 0.5) is 0 Å². The van der Waals surface area contributed by atoms with E-state index >= 15 is 0 Å². The summed E-state index contributed by atoms with van der Waals surface area (Å²) in [6.45, 7) is 11.5. The molecule has 1 heteroatoms. The van der Waals surface area contributed by atoms with Crippen molar-refractivity contribution >= 4 is 10.8 Å². The molecule has 0 aliphatic heterocycles. The van der Waals surface area contributed by atoms with Crippen LogP contribution in [0, 0.1) is 22.7 Å². The molecule has 110 valence electrons. The number of nitrogens with zero attached hydrogens (tertiary/aromatic N) is 1. The lowest BCUT2D eigenvalue weighted by molar-refractivity contribution is 0.301. The molecule has 0 heterocycles. The summed E-state index contributed by atoms with van der Waals surface area (Å²) in [5.41, 5.74) is 2.47. The summed E-state index contributed by atoms with van der Waals surface area (Å²) in [6, 6.07) is 14.8. The molecule has 0 fully saturated rings. The quantitative estimate of drug-likeness (QED) is 0.687. The third-order valence-electron chi connectivity index (χ3n) is 4.06. The molecule has 0 saturated carbocycles. The van der Waals surface area contributed by atoms with Gasteiger partial charge in [0.2, 0.25) is 0 Å². The topological polar surface area (TPSA) is 23.8 Å². The van der Waals surface area contributed by atoms with E-state index in [1.165, 1.54) is 17.4 Å². The first kappa shape index (κ1) is 15.6. The van der Waals surface area contributed by atoms with Crippen LogP contribution in [0.1, 0.15) is 58.1 Å². The molecule has 1 nitrogen and oxygen atoms in total. The lowest BCUT2D eigenvalue weighted by Crippen LogP contribution is -2.16. The van der Waals surface area contributed by atoms with Crippen LogP contribution in [0.5, 0.6) is 0 Å². The van der Waals surface area contributed by atoms with E-state index in [9.17, 15) is 0 Å². The van der Waals surface area contributed by atoms with Gasteiger partial charge in [-0.3, -0.25) is 0 Å². The molecular formula is C20H25N. The summed E-state index contributed by atoms with van der Waals surface area (Å²) in [5, 5.41) is 11.4. The maximum atomic E-state index is 8.99. The molecule has 0 N–H and O–H groups in total. The van der Waals surface area contributed by atoms with Gasteiger partial charge in [0, 0.05) is 0 Å². The normalized spacial score (nSPS) is 13.4. The first-order valence-electron chi connectivity index (χ1n) is 7.74. The van der Waals surface area contributed by atoms with Crippen LogP contribution in [0.3, 0.4) is 0 Å². The second-order valence-corrected chi connectivity index (χ2v) is 7.55. The van der Waals surface area contributed by atoms with Crippen LogP contribution in [0.25, 0.3) is 10.8 Å². The smallest absolute Gasteiger partial charge is 0.0991 e. The molecule has 0 amide bonds. The Morgan fingerprint density at radius 2 is 1.62 bits per heavy atom. The summed E-state index contributed by atoms with van der Waals surface area (Å²) in [7, 11) is 0. The zero-order valence-electron chi connectivity index (χ0n) is 13.8. The van der Waals surface area contributed by atoms with E-state index in [4.69, 9.17) is 5.26 Å². The third kappa shape index (κ3) is 3.85. The van der Waals surface area contributed by atoms with E-state index in [1.54, 1.807) is 0 Å². The minimum absolute atomic E-state index is 0.328. The monoisotopic (exact) mass is 279 g/mol. The first-order chi connectivity index (χ1) is 9.80. The van der Waals surface area contributed by atoms with Gasteiger partial charge >= 0.3 is 0 Å². The second-order valence-electron chi connectivity index (χ2n) is 7.55. The van der Waals surface area contributed by atoms with Crippen LogP contribution in [-0.4, -0.2) is 0 Å². The van der Waals surface area contributed by atoms with Gasteiger partial charge < -0.3 is 0 Å². The van der Waals surface area contributed by atoms with Gasteiger partial charge in [-0.1, -0.05) is 58.9 Å². The number of benzene rings is 2. The van der Waals surface area contributed by atoms with Gasteiger partial charge in [0.05, 0.1) is 11.6 Å². The number of hydrogen-bond donors (Lipinski definition) is 0. The minimum Gasteiger partial charge on any atom is -0.192 e. The first-order valence-corrected chi connectivity index (χ1v) is 7.74. The van der Waals surface area contributed by atoms with Gasteiger partial charge in [0.25, 0.3) is 0 Å². The lowest BCUT2D eigenvalue weighted by atomic mass is 9.76. The van der Waals surface area contributed by atoms with Crippen molar-refractivity contribution in [3.63, 3.8) is 0 Å².